The van der Waals surface area contributed by atoms with Crippen LogP contribution < -0.4 is 0 Å². The number of ketones is 2. The summed E-state index contributed by atoms with van der Waals surface area (Å²) in [4.78, 5) is 36.8. The van der Waals surface area contributed by atoms with E-state index >= 15 is 0 Å². The predicted molar refractivity (Wildman–Crippen MR) is 80.8 cm³/mol. The third kappa shape index (κ3) is 7.25. The lowest BCUT2D eigenvalue weighted by molar-refractivity contribution is -0.143. The monoisotopic (exact) mass is 337 g/mol. The maximum absolute atomic E-state index is 11.8. The summed E-state index contributed by atoms with van der Waals surface area (Å²) in [5, 5.41) is 0. The number of hydrogen-bond acceptors (Lipinski definition) is 5. The topological polar surface area (TPSA) is 63.7 Å². The Hall–Kier alpha value is -0.650. The van der Waals surface area contributed by atoms with E-state index in [0.29, 0.717) is 50.8 Å². The van der Waals surface area contributed by atoms with E-state index in [4.69, 9.17) is 27.9 Å². The molecule has 1 heterocycles. The molecule has 1 aliphatic heterocycles. The number of carbonyl (C=O) groups is 3. The first-order valence-corrected chi connectivity index (χ1v) is 8.18. The Balaban J connectivity index is 2.25. The second kappa shape index (κ2) is 10.1. The van der Waals surface area contributed by atoms with Crippen LogP contribution in [0.1, 0.15) is 25.7 Å². The van der Waals surface area contributed by atoms with Crippen LogP contribution in [0.4, 0.5) is 0 Å². The smallest absolute Gasteiger partial charge is 0.309 e. The number of Topliss-reactive ketones (excluding diaryl/α,β-unsaturated/α-hetero) is 2. The van der Waals surface area contributed by atoms with Crippen molar-refractivity contribution in [1.82, 2.24) is 4.90 Å². The van der Waals surface area contributed by atoms with Crippen LogP contribution in [-0.2, 0) is 19.1 Å². The highest BCUT2D eigenvalue weighted by Crippen LogP contribution is 2.19. The minimum atomic E-state index is -0.366. The fourth-order valence-corrected chi connectivity index (χ4v) is 2.71. The number of alkyl halides is 2. The highest BCUT2D eigenvalue weighted by atomic mass is 35.5. The summed E-state index contributed by atoms with van der Waals surface area (Å²) in [7, 11) is 0. The van der Waals surface area contributed by atoms with Crippen LogP contribution in [0.2, 0.25) is 0 Å². The van der Waals surface area contributed by atoms with Crippen LogP contribution in [0.25, 0.3) is 0 Å². The number of nitrogens with zero attached hydrogens (tertiary/aromatic N) is 1. The molecule has 0 spiro atoms. The molecule has 1 fully saturated rings. The number of rotatable bonds is 11. The third-order valence-corrected chi connectivity index (χ3v) is 3.76. The van der Waals surface area contributed by atoms with E-state index in [1.54, 1.807) is 0 Å². The van der Waals surface area contributed by atoms with Crippen molar-refractivity contribution < 1.29 is 19.1 Å². The van der Waals surface area contributed by atoms with Crippen molar-refractivity contribution in [1.29, 1.82) is 0 Å². The van der Waals surface area contributed by atoms with Gasteiger partial charge in [0.1, 0.15) is 11.6 Å². The summed E-state index contributed by atoms with van der Waals surface area (Å²) in [6.45, 7) is 2.26. The molecule has 0 amide bonds. The van der Waals surface area contributed by atoms with Crippen molar-refractivity contribution in [2.45, 2.75) is 25.7 Å². The zero-order valence-electron chi connectivity index (χ0n) is 12.0. The highest BCUT2D eigenvalue weighted by Gasteiger charge is 2.29. The molecule has 0 N–H and O–H groups in total. The summed E-state index contributed by atoms with van der Waals surface area (Å²) in [5.41, 5.74) is 0. The van der Waals surface area contributed by atoms with Crippen molar-refractivity contribution in [2.24, 2.45) is 5.92 Å². The largest absolute Gasteiger partial charge is 0.465 e. The van der Waals surface area contributed by atoms with Gasteiger partial charge in [0, 0.05) is 44.2 Å². The van der Waals surface area contributed by atoms with Crippen LogP contribution in [-0.4, -0.2) is 60.4 Å². The second-order valence-corrected chi connectivity index (χ2v) is 5.84. The molecule has 7 heteroatoms. The summed E-state index contributed by atoms with van der Waals surface area (Å²) in [6, 6.07) is 0. The molecule has 1 rings (SSSR count). The zero-order valence-corrected chi connectivity index (χ0v) is 13.5. The molecular weight excluding hydrogens is 317 g/mol. The molecule has 1 saturated heterocycles. The van der Waals surface area contributed by atoms with Crippen molar-refractivity contribution in [3.8, 4) is 0 Å². The van der Waals surface area contributed by atoms with Gasteiger partial charge in [0.15, 0.2) is 0 Å². The molecule has 21 heavy (non-hydrogen) atoms. The number of ether oxygens (including phenoxy) is 1. The molecule has 0 aromatic carbocycles. The lowest BCUT2D eigenvalue weighted by Crippen LogP contribution is -2.30. The molecule has 0 aromatic rings. The fraction of sp³-hybridized carbons (Fsp3) is 0.786. The first-order valence-electron chi connectivity index (χ1n) is 7.11. The number of cyclic esters (lactones) is 1. The number of carbonyl (C=O) groups excluding carboxylic acids is 3. The molecule has 0 unspecified atom stereocenters. The molecule has 0 saturated carbocycles. The van der Waals surface area contributed by atoms with E-state index in [2.05, 4.69) is 0 Å². The van der Waals surface area contributed by atoms with Crippen molar-refractivity contribution in [3.63, 3.8) is 0 Å². The summed E-state index contributed by atoms with van der Waals surface area (Å²) in [6.07, 6.45) is 0.865. The second-order valence-electron chi connectivity index (χ2n) is 5.08. The van der Waals surface area contributed by atoms with E-state index in [0.717, 1.165) is 0 Å². The van der Waals surface area contributed by atoms with Gasteiger partial charge in [-0.1, -0.05) is 0 Å². The number of esters is 1. The summed E-state index contributed by atoms with van der Waals surface area (Å²) < 4.78 is 4.80. The Kier molecular flexibility index (Phi) is 8.88. The zero-order chi connectivity index (χ0) is 15.7. The highest BCUT2D eigenvalue weighted by molar-refractivity contribution is 6.18. The van der Waals surface area contributed by atoms with Crippen LogP contribution in [0.5, 0.6) is 0 Å². The van der Waals surface area contributed by atoms with E-state index in [1.807, 2.05) is 4.90 Å². The van der Waals surface area contributed by atoms with Gasteiger partial charge in [0.2, 0.25) is 0 Å². The normalized spacial score (nSPS) is 18.0. The van der Waals surface area contributed by atoms with Gasteiger partial charge in [-0.15, -0.1) is 23.2 Å². The first-order chi connectivity index (χ1) is 10.1. The van der Waals surface area contributed by atoms with Crippen LogP contribution >= 0.6 is 23.2 Å². The van der Waals surface area contributed by atoms with Gasteiger partial charge in [-0.2, -0.15) is 0 Å². The Bertz CT molecular complexity index is 370. The third-order valence-electron chi connectivity index (χ3n) is 3.42. The van der Waals surface area contributed by atoms with Crippen LogP contribution in [0.15, 0.2) is 0 Å². The van der Waals surface area contributed by atoms with Crippen LogP contribution in [0, 0.1) is 5.92 Å². The molecular formula is C14H21Cl2NO4. The molecule has 0 aliphatic carbocycles. The number of hydrogen-bond donors (Lipinski definition) is 0. The lowest BCUT2D eigenvalue weighted by atomic mass is 9.98. The maximum atomic E-state index is 11.8. The summed E-state index contributed by atoms with van der Waals surface area (Å²) >= 11 is 11.3. The van der Waals surface area contributed by atoms with Gasteiger partial charge in [-0.05, 0) is 6.42 Å². The van der Waals surface area contributed by atoms with E-state index in [9.17, 15) is 14.4 Å². The molecule has 0 bridgehead atoms. The van der Waals surface area contributed by atoms with Gasteiger partial charge in [0.05, 0.1) is 18.9 Å². The Morgan fingerprint density at radius 2 is 1.81 bits per heavy atom. The standard InChI is InChI=1S/C14H21Cl2NO4/c15-3-6-17(7-4-16)5-1-12(18)10-13(19)9-11-2-8-21-14(11)20/h11H,1-10H2/t11-/m1/s1. The van der Waals surface area contributed by atoms with Gasteiger partial charge in [0.25, 0.3) is 0 Å². The summed E-state index contributed by atoms with van der Waals surface area (Å²) in [5.74, 6) is -0.0344. The Labute approximate surface area is 134 Å². The molecule has 1 aliphatic rings. The quantitative estimate of drug-likeness (QED) is 0.326. The van der Waals surface area contributed by atoms with Crippen molar-refractivity contribution in [3.05, 3.63) is 0 Å². The van der Waals surface area contributed by atoms with Gasteiger partial charge < -0.3 is 9.64 Å². The van der Waals surface area contributed by atoms with E-state index in [-0.39, 0.29) is 36.3 Å². The van der Waals surface area contributed by atoms with E-state index < -0.39 is 0 Å². The molecule has 1 atom stereocenters. The van der Waals surface area contributed by atoms with Gasteiger partial charge in [-0.25, -0.2) is 0 Å². The minimum absolute atomic E-state index is 0.109. The minimum Gasteiger partial charge on any atom is -0.465 e. The maximum Gasteiger partial charge on any atom is 0.309 e. The molecule has 5 nitrogen and oxygen atoms in total. The fourth-order valence-electron chi connectivity index (χ4n) is 2.24. The van der Waals surface area contributed by atoms with Crippen molar-refractivity contribution in [2.75, 3.05) is 38.0 Å². The lowest BCUT2D eigenvalue weighted by Gasteiger charge is -2.19. The number of halogens is 2. The Morgan fingerprint density at radius 1 is 1.14 bits per heavy atom. The molecule has 0 radical (unpaired) electrons. The predicted octanol–water partition coefficient (Wildman–Crippen LogP) is 1.64. The average Bonchev–Trinajstić information content (AvgIpc) is 2.82. The van der Waals surface area contributed by atoms with Crippen LogP contribution in [0.3, 0.4) is 0 Å². The van der Waals surface area contributed by atoms with Crippen molar-refractivity contribution >= 4 is 40.7 Å². The van der Waals surface area contributed by atoms with E-state index in [1.165, 1.54) is 0 Å². The van der Waals surface area contributed by atoms with Gasteiger partial charge in [-0.3, -0.25) is 14.4 Å². The molecule has 120 valence electrons. The average molecular weight is 338 g/mol. The first kappa shape index (κ1) is 18.4. The Morgan fingerprint density at radius 3 is 2.33 bits per heavy atom. The molecule has 0 aromatic heterocycles. The SMILES string of the molecule is O=C(CCN(CCCl)CCCl)CC(=O)C[C@H]1CCOC1=O. The van der Waals surface area contributed by atoms with Gasteiger partial charge >= 0.3 is 5.97 Å².